The van der Waals surface area contributed by atoms with E-state index in [0.717, 1.165) is 44.3 Å². The predicted octanol–water partition coefficient (Wildman–Crippen LogP) is 3.40. The fourth-order valence-electron chi connectivity index (χ4n) is 2.01. The van der Waals surface area contributed by atoms with Gasteiger partial charge in [0.2, 0.25) is 0 Å². The summed E-state index contributed by atoms with van der Waals surface area (Å²) in [5.41, 5.74) is 0. The van der Waals surface area contributed by atoms with E-state index < -0.39 is 0 Å². The first-order chi connectivity index (χ1) is 10.1. The molecule has 0 aliphatic carbocycles. The zero-order valence-electron chi connectivity index (χ0n) is 12.9. The number of esters is 2. The molecule has 0 aliphatic rings. The fourth-order valence-corrected chi connectivity index (χ4v) is 2.01. The molecule has 0 saturated heterocycles. The van der Waals surface area contributed by atoms with Crippen molar-refractivity contribution in [1.29, 1.82) is 0 Å². The molecule has 0 aromatic carbocycles. The Hall–Kier alpha value is -1.78. The summed E-state index contributed by atoms with van der Waals surface area (Å²) in [5.74, 6) is 1.16. The molecule has 0 bridgehead atoms. The lowest BCUT2D eigenvalue weighted by molar-refractivity contribution is -0.143. The number of carbonyl (C=O) groups is 2. The van der Waals surface area contributed by atoms with Gasteiger partial charge in [0, 0.05) is 19.8 Å². The number of hydrogen-bond donors (Lipinski definition) is 0. The summed E-state index contributed by atoms with van der Waals surface area (Å²) in [5, 5.41) is 0. The first-order valence-corrected chi connectivity index (χ1v) is 7.39. The molecule has 1 aromatic heterocycles. The van der Waals surface area contributed by atoms with Gasteiger partial charge in [0.15, 0.2) is 0 Å². The summed E-state index contributed by atoms with van der Waals surface area (Å²) in [4.78, 5) is 21.6. The number of furan rings is 1. The van der Waals surface area contributed by atoms with Crippen molar-refractivity contribution in [2.75, 3.05) is 7.11 Å². The molecular weight excluding hydrogens is 272 g/mol. The van der Waals surface area contributed by atoms with Gasteiger partial charge in [-0.25, -0.2) is 0 Å². The molecule has 0 unspecified atom stereocenters. The second kappa shape index (κ2) is 10.0. The van der Waals surface area contributed by atoms with Gasteiger partial charge in [0.05, 0.1) is 7.11 Å². The van der Waals surface area contributed by atoms with Gasteiger partial charge in [-0.1, -0.05) is 19.3 Å². The average molecular weight is 296 g/mol. The van der Waals surface area contributed by atoms with Crippen molar-refractivity contribution in [3.63, 3.8) is 0 Å². The third kappa shape index (κ3) is 8.17. The lowest BCUT2D eigenvalue weighted by Gasteiger charge is -2.01. The van der Waals surface area contributed by atoms with Gasteiger partial charge in [-0.3, -0.25) is 9.59 Å². The molecule has 1 rings (SSSR count). The van der Waals surface area contributed by atoms with Crippen molar-refractivity contribution < 1.29 is 23.5 Å². The molecule has 0 fully saturated rings. The molecule has 0 spiro atoms. The normalized spacial score (nSPS) is 10.4. The first-order valence-electron chi connectivity index (χ1n) is 7.39. The molecule has 0 radical (unpaired) electrons. The number of aryl methyl sites for hydroxylation is 1. The topological polar surface area (TPSA) is 65.7 Å². The van der Waals surface area contributed by atoms with Crippen LogP contribution in [0.2, 0.25) is 0 Å². The molecule has 0 N–H and O–H groups in total. The quantitative estimate of drug-likeness (QED) is 0.489. The maximum atomic E-state index is 10.9. The molecule has 0 amide bonds. The molecule has 21 heavy (non-hydrogen) atoms. The number of methoxy groups -OCH3 is 1. The van der Waals surface area contributed by atoms with E-state index in [-0.39, 0.29) is 18.5 Å². The monoisotopic (exact) mass is 296 g/mol. The van der Waals surface area contributed by atoms with Crippen LogP contribution < -0.4 is 0 Å². The minimum Gasteiger partial charge on any atom is -0.469 e. The van der Waals surface area contributed by atoms with Gasteiger partial charge in [0.25, 0.3) is 0 Å². The van der Waals surface area contributed by atoms with E-state index in [1.807, 2.05) is 12.1 Å². The minimum absolute atomic E-state index is 0.133. The summed E-state index contributed by atoms with van der Waals surface area (Å²) >= 11 is 0. The molecule has 5 heteroatoms. The highest BCUT2D eigenvalue weighted by molar-refractivity contribution is 5.68. The van der Waals surface area contributed by atoms with Crippen molar-refractivity contribution in [3.8, 4) is 0 Å². The Morgan fingerprint density at radius 1 is 1.05 bits per heavy atom. The number of hydrogen-bond acceptors (Lipinski definition) is 5. The summed E-state index contributed by atoms with van der Waals surface area (Å²) in [6.07, 6.45) is 6.61. The van der Waals surface area contributed by atoms with Crippen LogP contribution in [0.4, 0.5) is 0 Å². The molecule has 5 nitrogen and oxygen atoms in total. The minimum atomic E-state index is -0.306. The maximum Gasteiger partial charge on any atom is 0.305 e. The van der Waals surface area contributed by atoms with E-state index in [4.69, 9.17) is 9.15 Å². The molecule has 0 saturated carbocycles. The van der Waals surface area contributed by atoms with Crippen LogP contribution in [-0.4, -0.2) is 19.0 Å². The van der Waals surface area contributed by atoms with E-state index in [1.165, 1.54) is 14.0 Å². The summed E-state index contributed by atoms with van der Waals surface area (Å²) < 4.78 is 15.0. The SMILES string of the molecule is COC(=O)CCCCCCCc1ccc(COC(C)=O)o1. The van der Waals surface area contributed by atoms with Crippen molar-refractivity contribution in [3.05, 3.63) is 23.7 Å². The lowest BCUT2D eigenvalue weighted by Crippen LogP contribution is -1.99. The van der Waals surface area contributed by atoms with Crippen molar-refractivity contribution in [2.45, 2.75) is 58.5 Å². The highest BCUT2D eigenvalue weighted by Gasteiger charge is 2.04. The van der Waals surface area contributed by atoms with E-state index in [1.54, 1.807) is 0 Å². The van der Waals surface area contributed by atoms with Crippen LogP contribution in [0.5, 0.6) is 0 Å². The zero-order valence-corrected chi connectivity index (χ0v) is 12.9. The van der Waals surface area contributed by atoms with Gasteiger partial charge in [-0.2, -0.15) is 0 Å². The number of ether oxygens (including phenoxy) is 2. The van der Waals surface area contributed by atoms with E-state index in [2.05, 4.69) is 4.74 Å². The Labute approximate surface area is 125 Å². The van der Waals surface area contributed by atoms with Crippen LogP contribution in [0, 0.1) is 0 Å². The van der Waals surface area contributed by atoms with Crippen LogP contribution in [0.15, 0.2) is 16.5 Å². The number of unbranched alkanes of at least 4 members (excludes halogenated alkanes) is 4. The Balaban J connectivity index is 2.05. The largest absolute Gasteiger partial charge is 0.469 e. The second-order valence-electron chi connectivity index (χ2n) is 4.99. The van der Waals surface area contributed by atoms with E-state index in [0.29, 0.717) is 12.2 Å². The number of carbonyl (C=O) groups excluding carboxylic acids is 2. The van der Waals surface area contributed by atoms with E-state index >= 15 is 0 Å². The molecule has 118 valence electrons. The Bertz CT molecular complexity index is 436. The molecule has 1 aromatic rings. The van der Waals surface area contributed by atoms with Crippen LogP contribution in [0.3, 0.4) is 0 Å². The Morgan fingerprint density at radius 2 is 1.71 bits per heavy atom. The third-order valence-electron chi connectivity index (χ3n) is 3.17. The maximum absolute atomic E-state index is 10.9. The van der Waals surface area contributed by atoms with Crippen molar-refractivity contribution in [2.24, 2.45) is 0 Å². The third-order valence-corrected chi connectivity index (χ3v) is 3.17. The first kappa shape index (κ1) is 17.3. The van der Waals surface area contributed by atoms with Gasteiger partial charge in [-0.15, -0.1) is 0 Å². The van der Waals surface area contributed by atoms with E-state index in [9.17, 15) is 9.59 Å². The highest BCUT2D eigenvalue weighted by atomic mass is 16.5. The molecule has 1 heterocycles. The van der Waals surface area contributed by atoms with Crippen LogP contribution in [-0.2, 0) is 32.1 Å². The van der Waals surface area contributed by atoms with Crippen LogP contribution in [0.1, 0.15) is 57.0 Å². The summed E-state index contributed by atoms with van der Waals surface area (Å²) in [6.45, 7) is 1.58. The van der Waals surface area contributed by atoms with Gasteiger partial charge in [0.1, 0.15) is 18.1 Å². The van der Waals surface area contributed by atoms with Crippen LogP contribution in [0.25, 0.3) is 0 Å². The number of rotatable bonds is 10. The standard InChI is InChI=1S/C16H24O5/c1-13(17)20-12-15-11-10-14(21-15)8-6-4-3-5-7-9-16(18)19-2/h10-11H,3-9,12H2,1-2H3. The molecule has 0 atom stereocenters. The zero-order chi connectivity index (χ0) is 15.5. The fraction of sp³-hybridized carbons (Fsp3) is 0.625. The molecule has 0 aliphatic heterocycles. The molecular formula is C16H24O5. The Kier molecular flexibility index (Phi) is 8.24. The average Bonchev–Trinajstić information content (AvgIpc) is 2.91. The highest BCUT2D eigenvalue weighted by Crippen LogP contribution is 2.14. The summed E-state index contributed by atoms with van der Waals surface area (Å²) in [6, 6.07) is 3.77. The smallest absolute Gasteiger partial charge is 0.305 e. The van der Waals surface area contributed by atoms with Crippen molar-refractivity contribution >= 4 is 11.9 Å². The van der Waals surface area contributed by atoms with Gasteiger partial charge < -0.3 is 13.9 Å². The van der Waals surface area contributed by atoms with Crippen LogP contribution >= 0.6 is 0 Å². The van der Waals surface area contributed by atoms with Crippen molar-refractivity contribution in [1.82, 2.24) is 0 Å². The summed E-state index contributed by atoms with van der Waals surface area (Å²) in [7, 11) is 1.42. The second-order valence-corrected chi connectivity index (χ2v) is 4.99. The predicted molar refractivity (Wildman–Crippen MR) is 77.6 cm³/mol. The lowest BCUT2D eigenvalue weighted by atomic mass is 10.1. The Morgan fingerprint density at radius 3 is 2.43 bits per heavy atom. The van der Waals surface area contributed by atoms with Gasteiger partial charge >= 0.3 is 11.9 Å². The van der Waals surface area contributed by atoms with Gasteiger partial charge in [-0.05, 0) is 25.0 Å².